The van der Waals surface area contributed by atoms with Gasteiger partial charge >= 0.3 is 11.7 Å². The molecule has 114 valence electrons. The van der Waals surface area contributed by atoms with Crippen LogP contribution >= 0.6 is 0 Å². The summed E-state index contributed by atoms with van der Waals surface area (Å²) >= 11 is 0. The number of hydrogen-bond donors (Lipinski definition) is 1. The van der Waals surface area contributed by atoms with E-state index in [1.54, 1.807) is 0 Å². The Morgan fingerprint density at radius 2 is 2.10 bits per heavy atom. The van der Waals surface area contributed by atoms with Crippen LogP contribution in [0.1, 0.15) is 49.9 Å². The maximum absolute atomic E-state index is 11.1. The number of carbonyl (C=O) groups is 1. The van der Waals surface area contributed by atoms with Crippen LogP contribution in [0.15, 0.2) is 12.3 Å². The van der Waals surface area contributed by atoms with E-state index in [1.807, 2.05) is 0 Å². The summed E-state index contributed by atoms with van der Waals surface area (Å²) in [6.07, 6.45) is 4.70. The molecule has 0 aliphatic heterocycles. The standard InChI is InChI=1S/C14H18N2O5/c1-14(2)5-3-9(4-6-14)21-12-7-10(13(17)18)11(8-15-12)16(19)20/h7-9H,3-6H2,1-2H3,(H,17,18). The topological polar surface area (TPSA) is 103 Å². The normalized spacial score (nSPS) is 18.2. The van der Waals surface area contributed by atoms with Crippen LogP contribution in [0.5, 0.6) is 5.88 Å². The van der Waals surface area contributed by atoms with E-state index in [1.165, 1.54) is 0 Å². The van der Waals surface area contributed by atoms with Crippen molar-refractivity contribution < 1.29 is 19.6 Å². The van der Waals surface area contributed by atoms with Crippen molar-refractivity contribution in [2.24, 2.45) is 5.41 Å². The Kier molecular flexibility index (Phi) is 4.11. The van der Waals surface area contributed by atoms with Gasteiger partial charge in [0.15, 0.2) is 0 Å². The lowest BCUT2D eigenvalue weighted by Gasteiger charge is -2.34. The monoisotopic (exact) mass is 294 g/mol. The van der Waals surface area contributed by atoms with E-state index in [2.05, 4.69) is 18.8 Å². The number of rotatable bonds is 4. The number of nitrogens with zero attached hydrogens (tertiary/aromatic N) is 2. The highest BCUT2D eigenvalue weighted by atomic mass is 16.6. The molecule has 0 radical (unpaired) electrons. The van der Waals surface area contributed by atoms with Crippen LogP contribution in [0.25, 0.3) is 0 Å². The van der Waals surface area contributed by atoms with Gasteiger partial charge < -0.3 is 9.84 Å². The molecule has 1 aromatic rings. The fourth-order valence-electron chi connectivity index (χ4n) is 2.47. The molecule has 0 bridgehead atoms. The summed E-state index contributed by atoms with van der Waals surface area (Å²) in [6, 6.07) is 1.13. The fourth-order valence-corrected chi connectivity index (χ4v) is 2.47. The summed E-state index contributed by atoms with van der Waals surface area (Å²) in [5, 5.41) is 19.8. The van der Waals surface area contributed by atoms with Gasteiger partial charge in [-0.3, -0.25) is 10.1 Å². The lowest BCUT2D eigenvalue weighted by molar-refractivity contribution is -0.385. The Morgan fingerprint density at radius 1 is 1.48 bits per heavy atom. The van der Waals surface area contributed by atoms with Gasteiger partial charge in [0.25, 0.3) is 0 Å². The molecular formula is C14H18N2O5. The van der Waals surface area contributed by atoms with Gasteiger partial charge in [0.1, 0.15) is 17.9 Å². The number of nitro groups is 1. The first-order chi connectivity index (χ1) is 9.78. The van der Waals surface area contributed by atoms with E-state index in [0.29, 0.717) is 5.41 Å². The zero-order valence-corrected chi connectivity index (χ0v) is 12.0. The second kappa shape index (κ2) is 5.67. The quantitative estimate of drug-likeness (QED) is 0.676. The van der Waals surface area contributed by atoms with Crippen molar-refractivity contribution >= 4 is 11.7 Å². The van der Waals surface area contributed by atoms with E-state index in [-0.39, 0.29) is 12.0 Å². The summed E-state index contributed by atoms with van der Waals surface area (Å²) in [5.41, 5.74) is -0.629. The maximum Gasteiger partial charge on any atom is 0.342 e. The van der Waals surface area contributed by atoms with Gasteiger partial charge in [0, 0.05) is 6.07 Å². The summed E-state index contributed by atoms with van der Waals surface area (Å²) in [5.74, 6) is -1.23. The first-order valence-electron chi connectivity index (χ1n) is 6.83. The second-order valence-corrected chi connectivity index (χ2v) is 6.08. The minimum atomic E-state index is -1.36. The van der Waals surface area contributed by atoms with Gasteiger partial charge in [-0.15, -0.1) is 0 Å². The van der Waals surface area contributed by atoms with Crippen molar-refractivity contribution in [2.75, 3.05) is 0 Å². The van der Waals surface area contributed by atoms with Gasteiger partial charge in [0.2, 0.25) is 5.88 Å². The maximum atomic E-state index is 11.1. The van der Waals surface area contributed by atoms with Crippen molar-refractivity contribution in [2.45, 2.75) is 45.6 Å². The van der Waals surface area contributed by atoms with Gasteiger partial charge in [-0.2, -0.15) is 0 Å². The molecule has 1 heterocycles. The molecule has 1 aliphatic carbocycles. The van der Waals surface area contributed by atoms with Crippen LogP contribution < -0.4 is 4.74 Å². The largest absolute Gasteiger partial charge is 0.477 e. The third-order valence-corrected chi connectivity index (χ3v) is 3.86. The third-order valence-electron chi connectivity index (χ3n) is 3.86. The molecule has 1 aromatic heterocycles. The van der Waals surface area contributed by atoms with Crippen LogP contribution in [0.4, 0.5) is 5.69 Å². The summed E-state index contributed by atoms with van der Waals surface area (Å²) < 4.78 is 5.68. The smallest absolute Gasteiger partial charge is 0.342 e. The fraction of sp³-hybridized carbons (Fsp3) is 0.571. The number of aromatic carboxylic acids is 1. The first kappa shape index (κ1) is 15.2. The van der Waals surface area contributed by atoms with E-state index in [0.717, 1.165) is 37.9 Å². The molecule has 1 fully saturated rings. The highest BCUT2D eigenvalue weighted by Gasteiger charge is 2.29. The molecular weight excluding hydrogens is 276 g/mol. The number of pyridine rings is 1. The SMILES string of the molecule is CC1(C)CCC(Oc2cc(C(=O)O)c([N+](=O)[O-])cn2)CC1. The Hall–Kier alpha value is -2.18. The summed E-state index contributed by atoms with van der Waals surface area (Å²) in [6.45, 7) is 4.41. The number of aromatic nitrogens is 1. The molecule has 0 aromatic carbocycles. The van der Waals surface area contributed by atoms with Crippen molar-refractivity contribution in [3.8, 4) is 5.88 Å². The number of ether oxygens (including phenoxy) is 1. The van der Waals surface area contributed by atoms with Crippen molar-refractivity contribution in [3.63, 3.8) is 0 Å². The predicted molar refractivity (Wildman–Crippen MR) is 74.5 cm³/mol. The van der Waals surface area contributed by atoms with Crippen LogP contribution in [-0.2, 0) is 0 Å². The van der Waals surface area contributed by atoms with Crippen molar-refractivity contribution in [1.82, 2.24) is 4.98 Å². The molecule has 1 saturated carbocycles. The van der Waals surface area contributed by atoms with Gasteiger partial charge in [-0.1, -0.05) is 13.8 Å². The number of carboxylic acid groups (broad SMARTS) is 1. The number of carboxylic acids is 1. The summed E-state index contributed by atoms with van der Waals surface area (Å²) in [7, 11) is 0. The minimum Gasteiger partial charge on any atom is -0.477 e. The molecule has 7 heteroatoms. The van der Waals surface area contributed by atoms with E-state index < -0.39 is 22.1 Å². The Morgan fingerprint density at radius 3 is 2.62 bits per heavy atom. The minimum absolute atomic E-state index is 0.0198. The lowest BCUT2D eigenvalue weighted by atomic mass is 9.76. The van der Waals surface area contributed by atoms with Crippen molar-refractivity contribution in [3.05, 3.63) is 27.9 Å². The highest BCUT2D eigenvalue weighted by Crippen LogP contribution is 2.36. The first-order valence-corrected chi connectivity index (χ1v) is 6.83. The van der Waals surface area contributed by atoms with Crippen LogP contribution in [0.3, 0.4) is 0 Å². The van der Waals surface area contributed by atoms with Crippen LogP contribution in [0.2, 0.25) is 0 Å². The second-order valence-electron chi connectivity index (χ2n) is 6.08. The summed E-state index contributed by atoms with van der Waals surface area (Å²) in [4.78, 5) is 24.9. The van der Waals surface area contributed by atoms with Crippen molar-refractivity contribution in [1.29, 1.82) is 0 Å². The number of hydrogen-bond acceptors (Lipinski definition) is 5. The molecule has 0 saturated heterocycles. The zero-order chi connectivity index (χ0) is 15.6. The third kappa shape index (κ3) is 3.68. The lowest BCUT2D eigenvalue weighted by Crippen LogP contribution is -2.28. The average Bonchev–Trinajstić information content (AvgIpc) is 2.41. The molecule has 0 amide bonds. The average molecular weight is 294 g/mol. The molecule has 21 heavy (non-hydrogen) atoms. The van der Waals surface area contributed by atoms with Gasteiger partial charge in [-0.05, 0) is 31.1 Å². The predicted octanol–water partition coefficient (Wildman–Crippen LogP) is 3.04. The molecule has 1 N–H and O–H groups in total. The van der Waals surface area contributed by atoms with Crippen LogP contribution in [-0.4, -0.2) is 27.1 Å². The Balaban J connectivity index is 2.13. The Bertz CT molecular complexity index is 560. The van der Waals surface area contributed by atoms with E-state index >= 15 is 0 Å². The van der Waals surface area contributed by atoms with Gasteiger partial charge in [0.05, 0.1) is 4.92 Å². The van der Waals surface area contributed by atoms with E-state index in [9.17, 15) is 14.9 Å². The molecule has 1 aliphatic rings. The zero-order valence-electron chi connectivity index (χ0n) is 12.0. The van der Waals surface area contributed by atoms with Crippen LogP contribution in [0, 0.1) is 15.5 Å². The van der Waals surface area contributed by atoms with E-state index in [4.69, 9.17) is 9.84 Å². The molecule has 0 unspecified atom stereocenters. The van der Waals surface area contributed by atoms with Gasteiger partial charge in [-0.25, -0.2) is 9.78 Å². The Labute approximate surface area is 122 Å². The molecule has 0 spiro atoms. The molecule has 2 rings (SSSR count). The molecule has 0 atom stereocenters. The molecule has 7 nitrogen and oxygen atoms in total. The highest BCUT2D eigenvalue weighted by molar-refractivity contribution is 5.92.